The molecule has 0 N–H and O–H groups in total. The maximum absolute atomic E-state index is 8.40. The Kier molecular flexibility index (Phi) is 6.84. The van der Waals surface area contributed by atoms with E-state index in [2.05, 4.69) is 33.8 Å². The Hall–Kier alpha value is 0.280. The van der Waals surface area contributed by atoms with Crippen molar-refractivity contribution in [3.8, 4) is 6.07 Å². The molecular formula is C10H17NS3. The summed E-state index contributed by atoms with van der Waals surface area (Å²) in [6, 6.07) is 2.08. The van der Waals surface area contributed by atoms with Crippen molar-refractivity contribution < 1.29 is 0 Å². The fourth-order valence-corrected chi connectivity index (χ4v) is 3.90. The summed E-state index contributed by atoms with van der Waals surface area (Å²) >= 11 is 8.33. The number of hydrogen-bond acceptors (Lipinski definition) is 4. The molecule has 0 saturated carbocycles. The number of thioether (sulfide) groups is 2. The van der Waals surface area contributed by atoms with Gasteiger partial charge in [-0.05, 0) is 11.8 Å². The van der Waals surface area contributed by atoms with Gasteiger partial charge in [0, 0.05) is 5.25 Å². The second-order valence-corrected chi connectivity index (χ2v) is 8.01. The summed E-state index contributed by atoms with van der Waals surface area (Å²) in [5.41, 5.74) is 0.349. The Morgan fingerprint density at radius 2 is 2.07 bits per heavy atom. The van der Waals surface area contributed by atoms with E-state index in [4.69, 9.17) is 17.5 Å². The lowest BCUT2D eigenvalue weighted by Gasteiger charge is -2.22. The first-order chi connectivity index (χ1) is 6.35. The van der Waals surface area contributed by atoms with Crippen LogP contribution in [0, 0.1) is 16.7 Å². The summed E-state index contributed by atoms with van der Waals surface area (Å²) in [6.45, 7) is 8.88. The predicted octanol–water partition coefficient (Wildman–Crippen LogP) is 4.09. The van der Waals surface area contributed by atoms with Crippen LogP contribution in [0.2, 0.25) is 0 Å². The van der Waals surface area contributed by atoms with Crippen molar-refractivity contribution in [3.05, 3.63) is 0 Å². The zero-order valence-corrected chi connectivity index (χ0v) is 11.6. The minimum atomic E-state index is 0.349. The highest BCUT2D eigenvalue weighted by Gasteiger charge is 2.16. The minimum Gasteiger partial charge on any atom is -0.197 e. The average Bonchev–Trinajstić information content (AvgIpc) is 1.96. The Morgan fingerprint density at radius 1 is 1.50 bits per heavy atom. The normalized spacial score (nSPS) is 13.4. The van der Waals surface area contributed by atoms with Crippen LogP contribution < -0.4 is 0 Å². The monoisotopic (exact) mass is 247 g/mol. The van der Waals surface area contributed by atoms with Gasteiger partial charge in [0.25, 0.3) is 0 Å². The summed E-state index contributed by atoms with van der Waals surface area (Å²) in [7, 11) is 0. The van der Waals surface area contributed by atoms with Gasteiger partial charge in [0.05, 0.1) is 11.8 Å². The maximum Gasteiger partial charge on any atom is 0.105 e. The summed E-state index contributed by atoms with van der Waals surface area (Å²) in [6.07, 6.45) is 1.14. The van der Waals surface area contributed by atoms with E-state index < -0.39 is 0 Å². The average molecular weight is 247 g/mol. The molecule has 0 aliphatic heterocycles. The molecule has 14 heavy (non-hydrogen) atoms. The van der Waals surface area contributed by atoms with Crippen LogP contribution in [-0.4, -0.2) is 14.5 Å². The summed E-state index contributed by atoms with van der Waals surface area (Å²) in [5.74, 6) is 0.466. The molecule has 0 saturated heterocycles. The van der Waals surface area contributed by atoms with Crippen molar-refractivity contribution in [2.45, 2.75) is 39.4 Å². The molecule has 0 amide bonds. The van der Waals surface area contributed by atoms with E-state index in [9.17, 15) is 0 Å². The molecule has 1 unspecified atom stereocenters. The van der Waals surface area contributed by atoms with E-state index in [1.807, 2.05) is 0 Å². The van der Waals surface area contributed by atoms with Crippen LogP contribution in [0.15, 0.2) is 0 Å². The first kappa shape index (κ1) is 14.3. The van der Waals surface area contributed by atoms with Crippen molar-refractivity contribution >= 4 is 39.3 Å². The molecule has 0 aromatic carbocycles. The Labute approximate surface area is 101 Å². The van der Waals surface area contributed by atoms with Gasteiger partial charge >= 0.3 is 0 Å². The lowest BCUT2D eigenvalue weighted by atomic mass is 9.91. The fourth-order valence-electron chi connectivity index (χ4n) is 1.19. The summed E-state index contributed by atoms with van der Waals surface area (Å²) in [4.78, 5) is 0. The fraction of sp³-hybridized carbons (Fsp3) is 0.800. The second-order valence-electron chi connectivity index (χ2n) is 4.39. The summed E-state index contributed by atoms with van der Waals surface area (Å²) in [5, 5.41) is 8.93. The van der Waals surface area contributed by atoms with Crippen molar-refractivity contribution in [3.63, 3.8) is 0 Å². The molecule has 0 rings (SSSR count). The molecule has 0 aromatic rings. The molecule has 0 bridgehead atoms. The van der Waals surface area contributed by atoms with Gasteiger partial charge in [-0.15, -0.1) is 11.8 Å². The van der Waals surface area contributed by atoms with Crippen LogP contribution in [0.25, 0.3) is 0 Å². The van der Waals surface area contributed by atoms with Crippen LogP contribution in [0.5, 0.6) is 0 Å². The highest BCUT2D eigenvalue weighted by atomic mass is 32.2. The van der Waals surface area contributed by atoms with Crippen molar-refractivity contribution in [2.75, 3.05) is 5.75 Å². The number of rotatable bonds is 3. The van der Waals surface area contributed by atoms with Crippen LogP contribution in [0.1, 0.15) is 34.1 Å². The molecule has 80 valence electrons. The molecule has 1 atom stereocenters. The van der Waals surface area contributed by atoms with Crippen molar-refractivity contribution in [1.29, 1.82) is 5.26 Å². The highest BCUT2D eigenvalue weighted by Crippen LogP contribution is 2.30. The van der Waals surface area contributed by atoms with Gasteiger partial charge in [-0.3, -0.25) is 0 Å². The minimum absolute atomic E-state index is 0.349. The van der Waals surface area contributed by atoms with E-state index in [1.54, 1.807) is 11.8 Å². The summed E-state index contributed by atoms with van der Waals surface area (Å²) < 4.78 is 0.892. The molecule has 0 radical (unpaired) electrons. The van der Waals surface area contributed by atoms with Crippen LogP contribution in [-0.2, 0) is 0 Å². The van der Waals surface area contributed by atoms with Gasteiger partial charge in [0.15, 0.2) is 0 Å². The molecule has 0 fully saturated rings. The van der Waals surface area contributed by atoms with Crippen LogP contribution in [0.3, 0.4) is 0 Å². The van der Waals surface area contributed by atoms with E-state index >= 15 is 0 Å². The van der Waals surface area contributed by atoms with Gasteiger partial charge in [0.2, 0.25) is 0 Å². The topological polar surface area (TPSA) is 23.8 Å². The third-order valence-electron chi connectivity index (χ3n) is 1.45. The lowest BCUT2D eigenvalue weighted by molar-refractivity contribution is 0.379. The number of hydrogen-bond donors (Lipinski definition) is 0. The van der Waals surface area contributed by atoms with Crippen molar-refractivity contribution in [1.82, 2.24) is 0 Å². The second kappa shape index (κ2) is 6.71. The van der Waals surface area contributed by atoms with E-state index in [0.717, 1.165) is 9.95 Å². The SMILES string of the molecule is CC(CC(C)(C)C)SC(=S)SCC#N. The molecule has 0 aromatic heterocycles. The number of nitriles is 1. The zero-order valence-electron chi connectivity index (χ0n) is 9.16. The van der Waals surface area contributed by atoms with Crippen molar-refractivity contribution in [2.24, 2.45) is 5.41 Å². The van der Waals surface area contributed by atoms with E-state index in [1.165, 1.54) is 11.8 Å². The van der Waals surface area contributed by atoms with Crippen LogP contribution in [0.4, 0.5) is 0 Å². The quantitative estimate of drug-likeness (QED) is 0.701. The molecule has 0 heterocycles. The lowest BCUT2D eigenvalue weighted by Crippen LogP contribution is -2.13. The van der Waals surface area contributed by atoms with Crippen LogP contribution >= 0.6 is 35.7 Å². The number of nitrogens with zero attached hydrogens (tertiary/aromatic N) is 1. The smallest absolute Gasteiger partial charge is 0.105 e. The van der Waals surface area contributed by atoms with E-state index in [0.29, 0.717) is 16.4 Å². The first-order valence-electron chi connectivity index (χ1n) is 4.55. The molecule has 1 nitrogen and oxygen atoms in total. The Bertz CT molecular complexity index is 225. The molecule has 0 spiro atoms. The van der Waals surface area contributed by atoms with Gasteiger partial charge in [0.1, 0.15) is 3.53 Å². The van der Waals surface area contributed by atoms with Gasteiger partial charge in [-0.1, -0.05) is 51.7 Å². The predicted molar refractivity (Wildman–Crippen MR) is 71.8 cm³/mol. The third-order valence-corrected chi connectivity index (χ3v) is 4.01. The van der Waals surface area contributed by atoms with Gasteiger partial charge < -0.3 is 0 Å². The number of thiocarbonyl (C=S) groups is 1. The molecule has 0 aliphatic rings. The zero-order chi connectivity index (χ0) is 11.2. The maximum atomic E-state index is 8.40. The van der Waals surface area contributed by atoms with E-state index in [-0.39, 0.29) is 0 Å². The standard InChI is InChI=1S/C10H17NS3/c1-8(7-10(2,3)4)14-9(12)13-6-5-11/h8H,6-7H2,1-4H3. The Balaban J connectivity index is 3.78. The Morgan fingerprint density at radius 3 is 2.50 bits per heavy atom. The molecular weight excluding hydrogens is 230 g/mol. The van der Waals surface area contributed by atoms with Gasteiger partial charge in [-0.25, -0.2) is 0 Å². The third kappa shape index (κ3) is 8.86. The molecule has 0 aliphatic carbocycles. The first-order valence-corrected chi connectivity index (χ1v) is 6.83. The van der Waals surface area contributed by atoms with Gasteiger partial charge in [-0.2, -0.15) is 5.26 Å². The highest BCUT2D eigenvalue weighted by molar-refractivity contribution is 8.47. The molecule has 4 heteroatoms. The largest absolute Gasteiger partial charge is 0.197 e.